The quantitative estimate of drug-likeness (QED) is 0.680. The Bertz CT molecular complexity index is 870. The molecule has 4 rings (SSSR count). The lowest BCUT2D eigenvalue weighted by Gasteiger charge is -2.28. The third-order valence-corrected chi connectivity index (χ3v) is 5.39. The standard InChI is InChI=1S/C15H17ClN6S/c1-3-4-10-7-11-13(17-15(16)18-14(11)23-10)21-5-6-22-9(2)19-20-12(22)8-21/h7H,3-6,8H2,1-2H3. The van der Waals surface area contributed by atoms with Crippen LogP contribution in [0.3, 0.4) is 0 Å². The summed E-state index contributed by atoms with van der Waals surface area (Å²) in [7, 11) is 0. The van der Waals surface area contributed by atoms with E-state index >= 15 is 0 Å². The molecule has 6 nitrogen and oxygen atoms in total. The van der Waals surface area contributed by atoms with Gasteiger partial charge in [0.05, 0.1) is 11.9 Å². The van der Waals surface area contributed by atoms with E-state index in [-0.39, 0.29) is 0 Å². The third-order valence-electron chi connectivity index (χ3n) is 4.13. The van der Waals surface area contributed by atoms with Crippen LogP contribution >= 0.6 is 22.9 Å². The second-order valence-corrected chi connectivity index (χ2v) is 7.19. The molecule has 0 saturated heterocycles. The fourth-order valence-corrected chi connectivity index (χ4v) is 4.36. The Morgan fingerprint density at radius 2 is 2.13 bits per heavy atom. The van der Waals surface area contributed by atoms with Crippen molar-refractivity contribution >= 4 is 39.0 Å². The molecule has 0 spiro atoms. The van der Waals surface area contributed by atoms with Crippen LogP contribution in [0.5, 0.6) is 0 Å². The molecule has 0 saturated carbocycles. The second kappa shape index (κ2) is 5.72. The van der Waals surface area contributed by atoms with Crippen molar-refractivity contribution in [2.75, 3.05) is 11.4 Å². The van der Waals surface area contributed by atoms with Crippen molar-refractivity contribution in [3.8, 4) is 0 Å². The number of anilines is 1. The SMILES string of the molecule is CCCc1cc2c(N3CCn4c(C)nnc4C3)nc(Cl)nc2s1. The normalized spacial score (nSPS) is 14.5. The van der Waals surface area contributed by atoms with Gasteiger partial charge in [-0.05, 0) is 31.0 Å². The molecule has 0 radical (unpaired) electrons. The van der Waals surface area contributed by atoms with Crippen molar-refractivity contribution in [2.45, 2.75) is 39.8 Å². The van der Waals surface area contributed by atoms with Crippen LogP contribution in [0.4, 0.5) is 5.82 Å². The van der Waals surface area contributed by atoms with Crippen molar-refractivity contribution < 1.29 is 0 Å². The molecule has 23 heavy (non-hydrogen) atoms. The third kappa shape index (κ3) is 2.57. The number of fused-ring (bicyclic) bond motifs is 2. The first-order valence-electron chi connectivity index (χ1n) is 7.75. The lowest BCUT2D eigenvalue weighted by molar-refractivity contribution is 0.548. The van der Waals surface area contributed by atoms with E-state index in [9.17, 15) is 0 Å². The molecule has 0 aliphatic carbocycles. The summed E-state index contributed by atoms with van der Waals surface area (Å²) in [6, 6.07) is 2.21. The highest BCUT2D eigenvalue weighted by molar-refractivity contribution is 7.18. The monoisotopic (exact) mass is 348 g/mol. The summed E-state index contributed by atoms with van der Waals surface area (Å²) < 4.78 is 2.16. The topological polar surface area (TPSA) is 59.7 Å². The van der Waals surface area contributed by atoms with E-state index in [0.29, 0.717) is 11.8 Å². The summed E-state index contributed by atoms with van der Waals surface area (Å²) in [4.78, 5) is 13.4. The molecule has 3 aromatic rings. The highest BCUT2D eigenvalue weighted by atomic mass is 35.5. The summed E-state index contributed by atoms with van der Waals surface area (Å²) in [5, 5.41) is 9.83. The molecule has 0 N–H and O–H groups in total. The summed E-state index contributed by atoms with van der Waals surface area (Å²) >= 11 is 7.87. The smallest absolute Gasteiger partial charge is 0.225 e. The predicted octanol–water partition coefficient (Wildman–Crippen LogP) is 3.22. The summed E-state index contributed by atoms with van der Waals surface area (Å²) in [6.45, 7) is 6.60. The second-order valence-electron chi connectivity index (χ2n) is 5.73. The van der Waals surface area contributed by atoms with Crippen molar-refractivity contribution in [3.05, 3.63) is 27.9 Å². The van der Waals surface area contributed by atoms with Crippen molar-refractivity contribution in [1.82, 2.24) is 24.7 Å². The molecule has 0 fully saturated rings. The Kier molecular flexibility index (Phi) is 3.69. The van der Waals surface area contributed by atoms with E-state index < -0.39 is 0 Å². The van der Waals surface area contributed by atoms with Crippen LogP contribution in [0.15, 0.2) is 6.07 Å². The van der Waals surface area contributed by atoms with Gasteiger partial charge < -0.3 is 9.47 Å². The molecular formula is C15H17ClN6S. The van der Waals surface area contributed by atoms with E-state index in [2.05, 4.69) is 42.6 Å². The molecular weight excluding hydrogens is 332 g/mol. The highest BCUT2D eigenvalue weighted by Gasteiger charge is 2.23. The molecule has 120 valence electrons. The predicted molar refractivity (Wildman–Crippen MR) is 92.2 cm³/mol. The maximum atomic E-state index is 6.16. The number of hydrogen-bond donors (Lipinski definition) is 0. The molecule has 0 atom stereocenters. The number of thiophene rings is 1. The Balaban J connectivity index is 1.76. The van der Waals surface area contributed by atoms with Crippen molar-refractivity contribution in [3.63, 3.8) is 0 Å². The van der Waals surface area contributed by atoms with E-state index in [0.717, 1.165) is 53.6 Å². The number of aromatic nitrogens is 5. The van der Waals surface area contributed by atoms with Gasteiger partial charge in [0.2, 0.25) is 5.28 Å². The molecule has 4 heterocycles. The largest absolute Gasteiger partial charge is 0.347 e. The fraction of sp³-hybridized carbons (Fsp3) is 0.467. The van der Waals surface area contributed by atoms with Gasteiger partial charge in [-0.15, -0.1) is 21.5 Å². The van der Waals surface area contributed by atoms with Crippen molar-refractivity contribution in [1.29, 1.82) is 0 Å². The first kappa shape index (κ1) is 14.8. The summed E-state index contributed by atoms with van der Waals surface area (Å²) in [5.41, 5.74) is 0. The molecule has 3 aromatic heterocycles. The van der Waals surface area contributed by atoms with Crippen LogP contribution in [0, 0.1) is 6.92 Å². The lowest BCUT2D eigenvalue weighted by Crippen LogP contribution is -2.34. The minimum atomic E-state index is 0.306. The van der Waals surface area contributed by atoms with E-state index in [1.54, 1.807) is 11.3 Å². The lowest BCUT2D eigenvalue weighted by atomic mass is 10.2. The maximum Gasteiger partial charge on any atom is 0.225 e. The first-order valence-corrected chi connectivity index (χ1v) is 8.94. The maximum absolute atomic E-state index is 6.16. The molecule has 1 aliphatic heterocycles. The molecule has 8 heteroatoms. The molecule has 0 aromatic carbocycles. The van der Waals surface area contributed by atoms with Gasteiger partial charge in [-0.25, -0.2) is 4.98 Å². The van der Waals surface area contributed by atoms with Crippen LogP contribution in [-0.2, 0) is 19.5 Å². The number of nitrogens with zero attached hydrogens (tertiary/aromatic N) is 6. The average molecular weight is 349 g/mol. The van der Waals surface area contributed by atoms with E-state index in [4.69, 9.17) is 11.6 Å². The van der Waals surface area contributed by atoms with Gasteiger partial charge in [0.15, 0.2) is 5.82 Å². The van der Waals surface area contributed by atoms with Gasteiger partial charge in [-0.2, -0.15) is 4.98 Å². The van der Waals surface area contributed by atoms with Gasteiger partial charge in [0.25, 0.3) is 0 Å². The number of hydrogen-bond acceptors (Lipinski definition) is 6. The zero-order valence-corrected chi connectivity index (χ0v) is 14.7. The summed E-state index contributed by atoms with van der Waals surface area (Å²) in [5.74, 6) is 2.84. The number of halogens is 1. The van der Waals surface area contributed by atoms with E-state index in [1.165, 1.54) is 4.88 Å². The first-order chi connectivity index (χ1) is 11.2. The molecule has 1 aliphatic rings. The van der Waals surface area contributed by atoms with E-state index in [1.807, 2.05) is 6.92 Å². The molecule has 0 amide bonds. The van der Waals surface area contributed by atoms with Crippen LogP contribution < -0.4 is 4.90 Å². The Morgan fingerprint density at radius 1 is 1.26 bits per heavy atom. The average Bonchev–Trinajstić information content (AvgIpc) is 3.10. The van der Waals surface area contributed by atoms with Crippen LogP contribution in [0.2, 0.25) is 5.28 Å². The van der Waals surface area contributed by atoms with Gasteiger partial charge >= 0.3 is 0 Å². The minimum Gasteiger partial charge on any atom is -0.347 e. The van der Waals surface area contributed by atoms with Crippen molar-refractivity contribution in [2.24, 2.45) is 0 Å². The fourth-order valence-electron chi connectivity index (χ4n) is 3.03. The zero-order valence-electron chi connectivity index (χ0n) is 13.1. The summed E-state index contributed by atoms with van der Waals surface area (Å²) in [6.07, 6.45) is 2.18. The number of rotatable bonds is 3. The van der Waals surface area contributed by atoms with Crippen LogP contribution in [0.25, 0.3) is 10.2 Å². The highest BCUT2D eigenvalue weighted by Crippen LogP contribution is 2.34. The minimum absolute atomic E-state index is 0.306. The van der Waals surface area contributed by atoms with Gasteiger partial charge in [-0.3, -0.25) is 0 Å². The Morgan fingerprint density at radius 3 is 2.96 bits per heavy atom. The van der Waals surface area contributed by atoms with Gasteiger partial charge in [0, 0.05) is 18.0 Å². The Labute approximate surface area is 143 Å². The van der Waals surface area contributed by atoms with Crippen LogP contribution in [-0.4, -0.2) is 31.3 Å². The molecule has 0 bridgehead atoms. The Hall–Kier alpha value is -1.73. The number of aryl methyl sites for hydroxylation is 2. The zero-order chi connectivity index (χ0) is 16.0. The van der Waals surface area contributed by atoms with Gasteiger partial charge in [-0.1, -0.05) is 13.3 Å². The van der Waals surface area contributed by atoms with Gasteiger partial charge in [0.1, 0.15) is 16.5 Å². The van der Waals surface area contributed by atoms with Crippen LogP contribution in [0.1, 0.15) is 29.9 Å². The molecule has 0 unspecified atom stereocenters.